The van der Waals surface area contributed by atoms with Crippen LogP contribution in [0.25, 0.3) is 0 Å². The Labute approximate surface area is 201 Å². The molecule has 0 saturated heterocycles. The number of fused-ring (bicyclic) bond motifs is 7. The highest BCUT2D eigenvalue weighted by Crippen LogP contribution is 2.75. The number of aliphatic hydroxyl groups is 1. The van der Waals surface area contributed by atoms with Crippen molar-refractivity contribution in [3.63, 3.8) is 0 Å². The van der Waals surface area contributed by atoms with E-state index < -0.39 is 11.4 Å². The summed E-state index contributed by atoms with van der Waals surface area (Å²) in [5.74, 6) is 0.807. The van der Waals surface area contributed by atoms with Crippen LogP contribution in [0, 0.1) is 50.2 Å². The minimum atomic E-state index is -0.553. The predicted molar refractivity (Wildman–Crippen MR) is 133 cm³/mol. The number of carboxylic acid groups (broad SMARTS) is 1. The molecule has 8 atom stereocenters. The van der Waals surface area contributed by atoms with E-state index in [1.54, 1.807) is 0 Å². The third kappa shape index (κ3) is 2.87. The van der Waals surface area contributed by atoms with Crippen molar-refractivity contribution in [2.75, 3.05) is 0 Å². The van der Waals surface area contributed by atoms with Crippen LogP contribution < -0.4 is 0 Å². The van der Waals surface area contributed by atoms with Crippen LogP contribution in [0.2, 0.25) is 0 Å². The standard InChI is InChI=1S/C30H48O3/c1-25(2)14-16-30(24(32)33)17-15-28(6)19(20(30)18-25)8-9-22-27(5)12-11-23(31)26(3,4)21(27)10-13-29(22,28)7/h8,20-23,31H,9-18H2,1-7H3,(H,32,33)/t20-,21-,22-,23-,27-,28-,29-,30-/m0/s1. The number of aliphatic carboxylic acids is 1. The lowest BCUT2D eigenvalue weighted by molar-refractivity contribution is -0.205. The van der Waals surface area contributed by atoms with E-state index >= 15 is 0 Å². The van der Waals surface area contributed by atoms with Crippen LogP contribution in [0.15, 0.2) is 11.6 Å². The average Bonchev–Trinajstić information content (AvgIpc) is 2.71. The molecule has 5 aliphatic carbocycles. The molecule has 4 fully saturated rings. The van der Waals surface area contributed by atoms with E-state index in [1.807, 2.05) is 0 Å². The Morgan fingerprint density at radius 2 is 1.55 bits per heavy atom. The van der Waals surface area contributed by atoms with Crippen molar-refractivity contribution < 1.29 is 15.0 Å². The maximum absolute atomic E-state index is 12.8. The van der Waals surface area contributed by atoms with Gasteiger partial charge in [-0.2, -0.15) is 0 Å². The molecule has 4 saturated carbocycles. The van der Waals surface area contributed by atoms with Gasteiger partial charge >= 0.3 is 5.97 Å². The average molecular weight is 457 g/mol. The molecule has 0 aliphatic heterocycles. The SMILES string of the molecule is CC1(C)CC[C@]2(C(=O)O)CC[C@@]3(C)C(=CC[C@H]4[C@@]5(C)CC[C@H](O)C(C)(C)[C@@H]5CC[C@@]43C)[C@@H]2C1. The second kappa shape index (κ2) is 6.89. The van der Waals surface area contributed by atoms with E-state index in [1.165, 1.54) is 18.4 Å². The fourth-order valence-corrected chi connectivity index (χ4v) is 10.6. The summed E-state index contributed by atoms with van der Waals surface area (Å²) < 4.78 is 0. The van der Waals surface area contributed by atoms with Crippen LogP contribution >= 0.6 is 0 Å². The van der Waals surface area contributed by atoms with E-state index in [4.69, 9.17) is 0 Å². The lowest BCUT2D eigenvalue weighted by Gasteiger charge is -2.71. The highest BCUT2D eigenvalue weighted by Gasteiger charge is 2.69. The molecule has 0 bridgehead atoms. The van der Waals surface area contributed by atoms with Crippen molar-refractivity contribution in [1.29, 1.82) is 0 Å². The monoisotopic (exact) mass is 456 g/mol. The summed E-state index contributed by atoms with van der Waals surface area (Å²) >= 11 is 0. The van der Waals surface area contributed by atoms with Crippen LogP contribution in [-0.4, -0.2) is 22.3 Å². The van der Waals surface area contributed by atoms with Crippen molar-refractivity contribution in [3.05, 3.63) is 11.6 Å². The molecule has 33 heavy (non-hydrogen) atoms. The van der Waals surface area contributed by atoms with Gasteiger partial charge in [0, 0.05) is 0 Å². The van der Waals surface area contributed by atoms with Gasteiger partial charge in [-0.3, -0.25) is 4.79 Å². The molecule has 3 heteroatoms. The minimum absolute atomic E-state index is 0.0301. The third-order valence-electron chi connectivity index (χ3n) is 13.0. The molecule has 0 aromatic carbocycles. The quantitative estimate of drug-likeness (QED) is 0.409. The molecule has 5 aliphatic rings. The Balaban J connectivity index is 1.60. The summed E-state index contributed by atoms with van der Waals surface area (Å²) in [7, 11) is 0. The Morgan fingerprint density at radius 3 is 2.21 bits per heavy atom. The Bertz CT molecular complexity index is 885. The van der Waals surface area contributed by atoms with Gasteiger partial charge in [-0.1, -0.05) is 60.1 Å². The fourth-order valence-electron chi connectivity index (χ4n) is 10.6. The lowest BCUT2D eigenvalue weighted by atomic mass is 9.33. The highest BCUT2D eigenvalue weighted by molar-refractivity contribution is 5.76. The first-order valence-electron chi connectivity index (χ1n) is 13.8. The van der Waals surface area contributed by atoms with Gasteiger partial charge in [-0.15, -0.1) is 0 Å². The number of carboxylic acids is 1. The lowest BCUT2D eigenvalue weighted by Crippen LogP contribution is -2.65. The summed E-state index contributed by atoms with van der Waals surface area (Å²) in [6.45, 7) is 16.9. The van der Waals surface area contributed by atoms with E-state index in [2.05, 4.69) is 54.5 Å². The summed E-state index contributed by atoms with van der Waals surface area (Å²) in [6.07, 6.45) is 12.6. The first-order chi connectivity index (χ1) is 15.1. The first-order valence-corrected chi connectivity index (χ1v) is 13.8. The number of aliphatic hydroxyl groups excluding tert-OH is 1. The van der Waals surface area contributed by atoms with Crippen molar-refractivity contribution >= 4 is 5.97 Å². The normalized spacial score (nSPS) is 52.4. The second-order valence-corrected chi connectivity index (χ2v) is 15.1. The van der Waals surface area contributed by atoms with Gasteiger partial charge in [0.05, 0.1) is 11.5 Å². The largest absolute Gasteiger partial charge is 0.481 e. The molecule has 0 spiro atoms. The number of allylic oxidation sites excluding steroid dienone is 2. The molecule has 0 unspecified atom stereocenters. The Kier molecular flexibility index (Phi) is 4.99. The van der Waals surface area contributed by atoms with Crippen molar-refractivity contribution in [2.24, 2.45) is 50.2 Å². The van der Waals surface area contributed by atoms with Gasteiger partial charge in [-0.25, -0.2) is 0 Å². The summed E-state index contributed by atoms with van der Waals surface area (Å²) in [5.41, 5.74) is 1.68. The molecule has 0 aromatic heterocycles. The maximum Gasteiger partial charge on any atom is 0.310 e. The molecule has 2 N–H and O–H groups in total. The van der Waals surface area contributed by atoms with E-state index in [9.17, 15) is 15.0 Å². The number of rotatable bonds is 1. The molecule has 3 nitrogen and oxygen atoms in total. The zero-order valence-corrected chi connectivity index (χ0v) is 22.3. The Hall–Kier alpha value is -0.830. The van der Waals surface area contributed by atoms with Crippen molar-refractivity contribution in [3.8, 4) is 0 Å². The minimum Gasteiger partial charge on any atom is -0.481 e. The smallest absolute Gasteiger partial charge is 0.310 e. The molecule has 0 radical (unpaired) electrons. The molecular weight excluding hydrogens is 408 g/mol. The van der Waals surface area contributed by atoms with Crippen LogP contribution in [0.3, 0.4) is 0 Å². The van der Waals surface area contributed by atoms with Crippen LogP contribution in [0.5, 0.6) is 0 Å². The molecular formula is C30H48O3. The first kappa shape index (κ1) is 23.9. The summed E-state index contributed by atoms with van der Waals surface area (Å²) in [4.78, 5) is 12.8. The number of hydrogen-bond donors (Lipinski definition) is 2. The van der Waals surface area contributed by atoms with E-state index in [0.29, 0.717) is 11.8 Å². The third-order valence-corrected chi connectivity index (χ3v) is 13.0. The van der Waals surface area contributed by atoms with Crippen LogP contribution in [0.1, 0.15) is 113 Å². The fraction of sp³-hybridized carbons (Fsp3) is 0.900. The van der Waals surface area contributed by atoms with Crippen molar-refractivity contribution in [2.45, 2.75) is 119 Å². The van der Waals surface area contributed by atoms with Crippen LogP contribution in [0.4, 0.5) is 0 Å². The zero-order chi connectivity index (χ0) is 24.2. The molecule has 5 rings (SSSR count). The Morgan fingerprint density at radius 1 is 0.879 bits per heavy atom. The van der Waals surface area contributed by atoms with Gasteiger partial charge in [0.1, 0.15) is 0 Å². The molecule has 0 amide bonds. The molecule has 186 valence electrons. The number of carbonyl (C=O) groups is 1. The summed E-state index contributed by atoms with van der Waals surface area (Å²) in [6, 6.07) is 0. The predicted octanol–water partition coefficient (Wildman–Crippen LogP) is 7.23. The van der Waals surface area contributed by atoms with E-state index in [0.717, 1.165) is 51.4 Å². The van der Waals surface area contributed by atoms with Gasteiger partial charge in [-0.05, 0) is 109 Å². The van der Waals surface area contributed by atoms with Gasteiger partial charge in [0.25, 0.3) is 0 Å². The highest BCUT2D eigenvalue weighted by atomic mass is 16.4. The van der Waals surface area contributed by atoms with Gasteiger partial charge < -0.3 is 10.2 Å². The maximum atomic E-state index is 12.8. The zero-order valence-electron chi connectivity index (χ0n) is 22.3. The van der Waals surface area contributed by atoms with Crippen LogP contribution in [-0.2, 0) is 4.79 Å². The topological polar surface area (TPSA) is 57.5 Å². The molecule has 0 heterocycles. The molecule has 0 aromatic rings. The van der Waals surface area contributed by atoms with Gasteiger partial charge in [0.15, 0.2) is 0 Å². The van der Waals surface area contributed by atoms with Crippen molar-refractivity contribution in [1.82, 2.24) is 0 Å². The number of hydrogen-bond acceptors (Lipinski definition) is 2. The summed E-state index contributed by atoms with van der Waals surface area (Å²) in [5, 5.41) is 21.4. The van der Waals surface area contributed by atoms with E-state index in [-0.39, 0.29) is 39.1 Å². The van der Waals surface area contributed by atoms with Gasteiger partial charge in [0.2, 0.25) is 0 Å². The second-order valence-electron chi connectivity index (χ2n) is 15.1.